The molecule has 0 amide bonds. The summed E-state index contributed by atoms with van der Waals surface area (Å²) in [6.07, 6.45) is 1.40. The van der Waals surface area contributed by atoms with Crippen molar-refractivity contribution < 1.29 is 13.5 Å². The molecule has 0 spiro atoms. The molecule has 0 saturated heterocycles. The van der Waals surface area contributed by atoms with Crippen LogP contribution in [0.2, 0.25) is 0 Å². The third kappa shape index (κ3) is 2.63. The van der Waals surface area contributed by atoms with Crippen LogP contribution in [-0.4, -0.2) is 10.6 Å². The van der Waals surface area contributed by atoms with Crippen molar-refractivity contribution in [2.24, 2.45) is 0 Å². The Balaban J connectivity index is 3.02. The minimum absolute atomic E-state index is 0.390. The molecule has 0 saturated carbocycles. The lowest BCUT2D eigenvalue weighted by atomic mass is 10.5. The fourth-order valence-electron chi connectivity index (χ4n) is 0.706. The molecule has 1 rings (SSSR count). The molecule has 0 N–H and O–H groups in total. The molecule has 0 aliphatic carbocycles. The van der Waals surface area contributed by atoms with Crippen LogP contribution < -0.4 is 10.3 Å². The summed E-state index contributed by atoms with van der Waals surface area (Å²) in [5, 5.41) is 0. The van der Waals surface area contributed by atoms with Gasteiger partial charge >= 0.3 is 12.2 Å². The number of halogens is 2. The van der Waals surface area contributed by atoms with E-state index in [1.807, 2.05) is 0 Å². The smallest absolute Gasteiger partial charge is 0.387 e. The van der Waals surface area contributed by atoms with Crippen molar-refractivity contribution in [2.75, 3.05) is 0 Å². The molecule has 1 heterocycles. The maximum atomic E-state index is 11.7. The summed E-state index contributed by atoms with van der Waals surface area (Å²) in [4.78, 5) is 11.2. The number of hydrogen-bond acceptors (Lipinski definition) is 4. The van der Waals surface area contributed by atoms with Crippen LogP contribution in [0.3, 0.4) is 0 Å². The molecule has 3 nitrogen and oxygen atoms in total. The quantitative estimate of drug-likeness (QED) is 0.628. The highest BCUT2D eigenvalue weighted by molar-refractivity contribution is 8.67. The van der Waals surface area contributed by atoms with E-state index in [1.165, 1.54) is 18.3 Å². The number of pyridine rings is 1. The zero-order valence-corrected chi connectivity index (χ0v) is 7.90. The summed E-state index contributed by atoms with van der Waals surface area (Å²) in [6.45, 7) is -2.99. The van der Waals surface area contributed by atoms with E-state index < -0.39 is 12.2 Å². The second-order valence-corrected chi connectivity index (χ2v) is 3.01. The van der Waals surface area contributed by atoms with Crippen LogP contribution in [0.25, 0.3) is 0 Å². The van der Waals surface area contributed by atoms with Crippen LogP contribution in [-0.2, 0) is 0 Å². The Morgan fingerprint density at radius 1 is 1.62 bits per heavy atom. The van der Waals surface area contributed by atoms with Crippen molar-refractivity contribution in [2.45, 2.75) is 6.61 Å². The number of ether oxygens (including phenoxy) is 1. The summed E-state index contributed by atoms with van der Waals surface area (Å²) in [6, 6.07) is 2.59. The number of nitrogens with zero attached hydrogens (tertiary/aromatic N) is 1. The Labute approximate surface area is 81.6 Å². The lowest BCUT2D eigenvalue weighted by Crippen LogP contribution is -2.18. The average Bonchev–Trinajstić information content (AvgIpc) is 2.08. The molecule has 0 atom stereocenters. The van der Waals surface area contributed by atoms with E-state index in [0.29, 0.717) is 0 Å². The number of thiol groups is 1. The number of hydrogen-bond donors (Lipinski definition) is 1. The van der Waals surface area contributed by atoms with Crippen LogP contribution >= 0.6 is 22.6 Å². The zero-order chi connectivity index (χ0) is 9.84. The normalized spacial score (nSPS) is 10.5. The molecule has 0 bridgehead atoms. The second-order valence-electron chi connectivity index (χ2n) is 1.96. The molecular formula is C6H5F2NO2S2. The van der Waals surface area contributed by atoms with Gasteiger partial charge in [0.1, 0.15) is 0 Å². The van der Waals surface area contributed by atoms with E-state index in [-0.39, 0.29) is 5.75 Å². The third-order valence-electron chi connectivity index (χ3n) is 1.18. The van der Waals surface area contributed by atoms with Gasteiger partial charge in [-0.2, -0.15) is 8.78 Å². The molecule has 72 valence electrons. The summed E-state index contributed by atoms with van der Waals surface area (Å²) in [5.41, 5.74) is -0.650. The van der Waals surface area contributed by atoms with Gasteiger partial charge in [-0.05, 0) is 12.1 Å². The number of aromatic nitrogens is 1. The minimum Gasteiger partial charge on any atom is -0.429 e. The number of alkyl halides is 2. The molecular weight excluding hydrogens is 220 g/mol. The van der Waals surface area contributed by atoms with Gasteiger partial charge in [-0.25, -0.2) is 3.97 Å². The first-order valence-electron chi connectivity index (χ1n) is 3.13. The first-order chi connectivity index (χ1) is 6.15. The predicted molar refractivity (Wildman–Crippen MR) is 49.3 cm³/mol. The highest BCUT2D eigenvalue weighted by Gasteiger charge is 2.09. The fraction of sp³-hybridized carbons (Fsp3) is 0.167. The molecule has 0 radical (unpaired) electrons. The lowest BCUT2D eigenvalue weighted by Gasteiger charge is -2.04. The lowest BCUT2D eigenvalue weighted by molar-refractivity contribution is -0.0508. The summed E-state index contributed by atoms with van der Waals surface area (Å²) in [7, 11) is 0.810. The number of rotatable bonds is 3. The van der Waals surface area contributed by atoms with Crippen LogP contribution in [0, 0.1) is 0 Å². The van der Waals surface area contributed by atoms with Gasteiger partial charge < -0.3 is 4.74 Å². The van der Waals surface area contributed by atoms with Crippen molar-refractivity contribution in [3.63, 3.8) is 0 Å². The maximum absolute atomic E-state index is 11.7. The van der Waals surface area contributed by atoms with E-state index in [4.69, 9.17) is 0 Å². The third-order valence-corrected chi connectivity index (χ3v) is 2.18. The highest BCUT2D eigenvalue weighted by Crippen LogP contribution is 2.11. The van der Waals surface area contributed by atoms with E-state index >= 15 is 0 Å². The monoisotopic (exact) mass is 225 g/mol. The molecule has 7 heteroatoms. The second kappa shape index (κ2) is 4.52. The Hall–Kier alpha value is -0.690. The van der Waals surface area contributed by atoms with E-state index in [9.17, 15) is 13.6 Å². The fourth-order valence-corrected chi connectivity index (χ4v) is 1.38. The Bertz CT molecular complexity index is 342. The van der Waals surface area contributed by atoms with Crippen LogP contribution in [0.1, 0.15) is 0 Å². The van der Waals surface area contributed by atoms with Crippen molar-refractivity contribution in [3.8, 4) is 5.75 Å². The molecule has 0 fully saturated rings. The summed E-state index contributed by atoms with van der Waals surface area (Å²) >= 11 is 3.75. The van der Waals surface area contributed by atoms with Crippen molar-refractivity contribution in [3.05, 3.63) is 28.7 Å². The minimum atomic E-state index is -2.99. The van der Waals surface area contributed by atoms with Gasteiger partial charge in [-0.3, -0.25) is 4.79 Å². The van der Waals surface area contributed by atoms with Crippen molar-refractivity contribution in [1.29, 1.82) is 0 Å². The summed E-state index contributed by atoms with van der Waals surface area (Å²) < 4.78 is 28.5. The Morgan fingerprint density at radius 3 is 2.85 bits per heavy atom. The molecule has 1 aromatic heterocycles. The van der Waals surface area contributed by atoms with Gasteiger partial charge in [-0.1, -0.05) is 11.7 Å². The predicted octanol–water partition coefficient (Wildman–Crippen LogP) is 1.79. The van der Waals surface area contributed by atoms with Crippen LogP contribution in [0.15, 0.2) is 23.1 Å². The van der Waals surface area contributed by atoms with Gasteiger partial charge in [0.05, 0.1) is 0 Å². The standard InChI is InChI=1S/C6H5F2NO2S2/c7-6(8)11-4-2-1-3-9(13-12)5(4)10/h1-3,6,12H. The highest BCUT2D eigenvalue weighted by atomic mass is 33.1. The van der Waals surface area contributed by atoms with Gasteiger partial charge in [0.25, 0.3) is 0 Å². The maximum Gasteiger partial charge on any atom is 0.387 e. The average molecular weight is 225 g/mol. The first kappa shape index (κ1) is 10.4. The largest absolute Gasteiger partial charge is 0.429 e. The molecule has 0 aliphatic rings. The topological polar surface area (TPSA) is 31.2 Å². The molecule has 13 heavy (non-hydrogen) atoms. The SMILES string of the molecule is O=c1c(OC(F)F)cccn1SS. The van der Waals surface area contributed by atoms with Crippen LogP contribution in [0.5, 0.6) is 5.75 Å². The van der Waals surface area contributed by atoms with Crippen molar-refractivity contribution >= 4 is 22.6 Å². The zero-order valence-electron chi connectivity index (χ0n) is 6.18. The molecule has 0 aromatic carbocycles. The van der Waals surface area contributed by atoms with Gasteiger partial charge in [0.2, 0.25) is 0 Å². The Morgan fingerprint density at radius 2 is 2.31 bits per heavy atom. The van der Waals surface area contributed by atoms with Gasteiger partial charge in [0, 0.05) is 17.2 Å². The molecule has 1 aromatic rings. The Kier molecular flexibility index (Phi) is 3.61. The van der Waals surface area contributed by atoms with E-state index in [1.54, 1.807) is 0 Å². The van der Waals surface area contributed by atoms with Crippen LogP contribution in [0.4, 0.5) is 8.78 Å². The van der Waals surface area contributed by atoms with Gasteiger partial charge in [-0.15, -0.1) is 0 Å². The first-order valence-corrected chi connectivity index (χ1v) is 4.96. The molecule has 0 aliphatic heterocycles. The summed E-state index contributed by atoms with van der Waals surface area (Å²) in [5.74, 6) is -0.390. The molecule has 0 unspecified atom stereocenters. The van der Waals surface area contributed by atoms with Gasteiger partial charge in [0.15, 0.2) is 5.75 Å². The van der Waals surface area contributed by atoms with E-state index in [2.05, 4.69) is 16.4 Å². The van der Waals surface area contributed by atoms with Crippen molar-refractivity contribution in [1.82, 2.24) is 3.97 Å². The van der Waals surface area contributed by atoms with E-state index in [0.717, 1.165) is 15.0 Å².